The number of oxazole rings is 2. The molecule has 0 fully saturated rings. The van der Waals surface area contributed by atoms with Crippen molar-refractivity contribution in [3.63, 3.8) is 0 Å². The fourth-order valence-electron chi connectivity index (χ4n) is 3.48. The molecule has 198 valence electrons. The summed E-state index contributed by atoms with van der Waals surface area (Å²) in [5.74, 6) is -0.802. The summed E-state index contributed by atoms with van der Waals surface area (Å²) in [6.45, 7) is 0.182. The number of aliphatic hydroxyl groups is 1. The van der Waals surface area contributed by atoms with Gasteiger partial charge in [0.15, 0.2) is 5.69 Å². The molecule has 0 aliphatic carbocycles. The smallest absolute Gasteiger partial charge is 0.408 e. The first kappa shape index (κ1) is 26.5. The molecule has 1 atom stereocenters. The molecular formula is C26H27N5O7. The van der Waals surface area contributed by atoms with Gasteiger partial charge in [-0.15, -0.1) is 0 Å². The maximum absolute atomic E-state index is 12.2. The van der Waals surface area contributed by atoms with Gasteiger partial charge in [0.2, 0.25) is 11.8 Å². The van der Waals surface area contributed by atoms with E-state index in [9.17, 15) is 19.8 Å². The molecule has 12 nitrogen and oxygen atoms in total. The number of ether oxygens (including phenoxy) is 1. The number of carbonyl (C=O) groups excluding carboxylic acids is 1. The van der Waals surface area contributed by atoms with Gasteiger partial charge in [-0.3, -0.25) is 0 Å². The summed E-state index contributed by atoms with van der Waals surface area (Å²) in [6, 6.07) is 13.2. The summed E-state index contributed by atoms with van der Waals surface area (Å²) < 4.78 is 16.4. The molecule has 0 aliphatic heterocycles. The number of aromatic carboxylic acids is 1. The van der Waals surface area contributed by atoms with Crippen molar-refractivity contribution in [3.05, 3.63) is 77.7 Å². The van der Waals surface area contributed by atoms with Crippen LogP contribution in [0.2, 0.25) is 0 Å². The zero-order valence-electron chi connectivity index (χ0n) is 20.8. The molecule has 0 bridgehead atoms. The maximum atomic E-state index is 12.2. The third-order valence-electron chi connectivity index (χ3n) is 5.42. The predicted molar refractivity (Wildman–Crippen MR) is 134 cm³/mol. The van der Waals surface area contributed by atoms with Crippen LogP contribution in [0, 0.1) is 0 Å². The van der Waals surface area contributed by atoms with E-state index in [1.165, 1.54) is 6.26 Å². The highest BCUT2D eigenvalue weighted by Crippen LogP contribution is 2.25. The number of hydrogen-bond acceptors (Lipinski definition) is 10. The van der Waals surface area contributed by atoms with Crippen LogP contribution in [0.1, 0.15) is 33.7 Å². The molecule has 1 unspecified atom stereocenters. The van der Waals surface area contributed by atoms with E-state index in [2.05, 4.69) is 20.3 Å². The number of nitrogens with zero attached hydrogens (tertiary/aromatic N) is 4. The minimum Gasteiger partial charge on any atom is -0.476 e. The van der Waals surface area contributed by atoms with E-state index in [4.69, 9.17) is 13.6 Å². The average Bonchev–Trinajstić information content (AvgIpc) is 3.58. The molecule has 0 spiro atoms. The first-order chi connectivity index (χ1) is 18.3. The molecule has 0 saturated carbocycles. The molecule has 3 heterocycles. The van der Waals surface area contributed by atoms with E-state index in [0.29, 0.717) is 30.0 Å². The van der Waals surface area contributed by atoms with E-state index >= 15 is 0 Å². The number of rotatable bonds is 11. The number of aliphatic hydroxyl groups excluding tert-OH is 1. The van der Waals surface area contributed by atoms with Gasteiger partial charge in [-0.25, -0.2) is 24.5 Å². The normalized spacial score (nSPS) is 11.9. The highest BCUT2D eigenvalue weighted by Gasteiger charge is 2.23. The van der Waals surface area contributed by atoms with Crippen LogP contribution in [0.4, 0.5) is 4.79 Å². The van der Waals surface area contributed by atoms with Crippen LogP contribution in [-0.4, -0.2) is 69.4 Å². The molecule has 12 heteroatoms. The third kappa shape index (κ3) is 6.60. The van der Waals surface area contributed by atoms with Crippen LogP contribution in [0.15, 0.2) is 63.6 Å². The van der Waals surface area contributed by atoms with Crippen molar-refractivity contribution in [2.24, 2.45) is 0 Å². The number of likely N-dealkylation sites (N-methyl/N-ethyl adjacent to an activating group) is 1. The minimum absolute atomic E-state index is 0.0571. The number of alkyl carbamates (subject to hydrolysis) is 1. The first-order valence-electron chi connectivity index (χ1n) is 11.7. The largest absolute Gasteiger partial charge is 0.476 e. The van der Waals surface area contributed by atoms with E-state index < -0.39 is 24.7 Å². The van der Waals surface area contributed by atoms with Crippen LogP contribution in [0.3, 0.4) is 0 Å². The standard InChI is InChI=1S/C26H27N5O7/c1-31(2)12-11-21-22(25(33)34)30-24(38-21)18-10-6-9-17(27-18)20-15-36-23(28-20)19(13-32)29-26(35)37-14-16-7-4-3-5-8-16/h3-10,15,19,32H,11-14H2,1-2H3,(H,29,35)(H,33,34). The Morgan fingerprint density at radius 3 is 2.50 bits per heavy atom. The van der Waals surface area contributed by atoms with Crippen LogP contribution in [-0.2, 0) is 17.8 Å². The van der Waals surface area contributed by atoms with Crippen LogP contribution in [0.25, 0.3) is 23.0 Å². The summed E-state index contributed by atoms with van der Waals surface area (Å²) in [6.07, 6.45) is 0.968. The van der Waals surface area contributed by atoms with Gasteiger partial charge in [0.1, 0.15) is 36.1 Å². The first-order valence-corrected chi connectivity index (χ1v) is 11.7. The molecule has 0 aliphatic rings. The lowest BCUT2D eigenvalue weighted by atomic mass is 10.2. The van der Waals surface area contributed by atoms with Gasteiger partial charge >= 0.3 is 12.1 Å². The molecule has 38 heavy (non-hydrogen) atoms. The van der Waals surface area contributed by atoms with Gasteiger partial charge in [-0.05, 0) is 31.8 Å². The monoisotopic (exact) mass is 521 g/mol. The topological polar surface area (TPSA) is 164 Å². The van der Waals surface area contributed by atoms with Crippen molar-refractivity contribution in [1.82, 2.24) is 25.2 Å². The molecule has 3 aromatic heterocycles. The zero-order valence-corrected chi connectivity index (χ0v) is 20.8. The van der Waals surface area contributed by atoms with E-state index in [1.54, 1.807) is 18.2 Å². The van der Waals surface area contributed by atoms with Crippen molar-refractivity contribution >= 4 is 12.1 Å². The highest BCUT2D eigenvalue weighted by molar-refractivity contribution is 5.87. The number of hydrogen-bond donors (Lipinski definition) is 3. The molecule has 0 radical (unpaired) electrons. The van der Waals surface area contributed by atoms with Crippen LogP contribution < -0.4 is 5.32 Å². The van der Waals surface area contributed by atoms with Crippen LogP contribution in [0.5, 0.6) is 0 Å². The highest BCUT2D eigenvalue weighted by atomic mass is 16.5. The Morgan fingerprint density at radius 2 is 1.79 bits per heavy atom. The second-order valence-corrected chi connectivity index (χ2v) is 8.57. The summed E-state index contributed by atoms with van der Waals surface area (Å²) in [4.78, 5) is 38.7. The molecule has 1 aromatic carbocycles. The second kappa shape index (κ2) is 12.1. The van der Waals surface area contributed by atoms with Crippen molar-refractivity contribution in [3.8, 4) is 23.0 Å². The molecular weight excluding hydrogens is 494 g/mol. The summed E-state index contributed by atoms with van der Waals surface area (Å²) in [7, 11) is 3.75. The SMILES string of the molecule is CN(C)CCc1oc(-c2cccc(-c3coc(C(CO)NC(=O)OCc4ccccc4)n3)n2)nc1C(=O)O. The number of aromatic nitrogens is 3. The lowest BCUT2D eigenvalue weighted by Gasteiger charge is -2.13. The van der Waals surface area contributed by atoms with Crippen molar-refractivity contribution in [2.45, 2.75) is 19.1 Å². The lowest BCUT2D eigenvalue weighted by Crippen LogP contribution is -2.31. The summed E-state index contributed by atoms with van der Waals surface area (Å²) in [5.41, 5.74) is 1.70. The number of benzene rings is 1. The van der Waals surface area contributed by atoms with Crippen molar-refractivity contribution in [1.29, 1.82) is 0 Å². The quantitative estimate of drug-likeness (QED) is 0.265. The Bertz CT molecular complexity index is 1380. The van der Waals surface area contributed by atoms with Crippen molar-refractivity contribution < 1.29 is 33.4 Å². The van der Waals surface area contributed by atoms with Crippen LogP contribution >= 0.6 is 0 Å². The average molecular weight is 522 g/mol. The number of amides is 1. The Balaban J connectivity index is 1.48. The molecule has 4 rings (SSSR count). The van der Waals surface area contributed by atoms with E-state index in [-0.39, 0.29) is 29.8 Å². The van der Waals surface area contributed by atoms with Gasteiger partial charge in [0.05, 0.1) is 12.3 Å². The Labute approximate surface area is 217 Å². The molecule has 1 amide bonds. The lowest BCUT2D eigenvalue weighted by molar-refractivity contribution is 0.0688. The maximum Gasteiger partial charge on any atom is 0.408 e. The molecule has 4 aromatic rings. The Morgan fingerprint density at radius 1 is 1.03 bits per heavy atom. The Kier molecular flexibility index (Phi) is 8.46. The van der Waals surface area contributed by atoms with Gasteiger partial charge in [0.25, 0.3) is 0 Å². The third-order valence-corrected chi connectivity index (χ3v) is 5.42. The molecule has 0 saturated heterocycles. The second-order valence-electron chi connectivity index (χ2n) is 8.57. The Hall–Kier alpha value is -4.55. The predicted octanol–water partition coefficient (Wildman–Crippen LogP) is 3.15. The number of carbonyl (C=O) groups is 2. The van der Waals surface area contributed by atoms with Crippen molar-refractivity contribution in [2.75, 3.05) is 27.2 Å². The minimum atomic E-state index is -1.18. The van der Waals surface area contributed by atoms with E-state index in [1.807, 2.05) is 49.3 Å². The molecule has 3 N–H and O–H groups in total. The van der Waals surface area contributed by atoms with E-state index in [0.717, 1.165) is 5.56 Å². The summed E-state index contributed by atoms with van der Waals surface area (Å²) >= 11 is 0. The van der Waals surface area contributed by atoms with Gasteiger partial charge in [-0.2, -0.15) is 0 Å². The number of carboxylic acid groups (broad SMARTS) is 1. The fraction of sp³-hybridized carbons (Fsp3) is 0.269. The number of nitrogens with one attached hydrogen (secondary N) is 1. The summed E-state index contributed by atoms with van der Waals surface area (Å²) in [5, 5.41) is 21.8. The van der Waals surface area contributed by atoms with Gasteiger partial charge in [-0.1, -0.05) is 36.4 Å². The fourth-order valence-corrected chi connectivity index (χ4v) is 3.48. The van der Waals surface area contributed by atoms with Gasteiger partial charge in [0, 0.05) is 13.0 Å². The zero-order chi connectivity index (χ0) is 27.1. The number of carboxylic acids is 1. The van der Waals surface area contributed by atoms with Gasteiger partial charge < -0.3 is 34.0 Å². The number of pyridine rings is 1.